The minimum Gasteiger partial charge on any atom is -0.349 e. The van der Waals surface area contributed by atoms with Gasteiger partial charge in [0.1, 0.15) is 22.8 Å². The highest BCUT2D eigenvalue weighted by Crippen LogP contribution is 2.17. The van der Waals surface area contributed by atoms with Crippen molar-refractivity contribution in [1.29, 1.82) is 0 Å². The van der Waals surface area contributed by atoms with Gasteiger partial charge in [0.05, 0.1) is 0 Å². The Labute approximate surface area is 150 Å². The zero-order chi connectivity index (χ0) is 19.1. The lowest BCUT2D eigenvalue weighted by molar-refractivity contribution is 0.0933. The third-order valence-corrected chi connectivity index (χ3v) is 3.92. The summed E-state index contributed by atoms with van der Waals surface area (Å²) in [4.78, 5) is 24.6. The molecule has 2 amide bonds. The molecule has 0 radical (unpaired) electrons. The van der Waals surface area contributed by atoms with E-state index < -0.39 is 29.0 Å². The molecule has 6 nitrogen and oxygen atoms in total. The average molecular weight is 364 g/mol. The Hall–Kier alpha value is -2.77. The first-order valence-electron chi connectivity index (χ1n) is 8.57. The molecule has 0 aliphatic rings. The molecule has 0 aliphatic heterocycles. The number of aromatic amines is 1. The molecule has 3 N–H and O–H groups in total. The van der Waals surface area contributed by atoms with E-state index in [9.17, 15) is 18.4 Å². The number of carbonyl (C=O) groups is 2. The average Bonchev–Trinajstić information content (AvgIpc) is 3.03. The zero-order valence-electron chi connectivity index (χ0n) is 14.7. The van der Waals surface area contributed by atoms with E-state index in [2.05, 4.69) is 20.8 Å². The van der Waals surface area contributed by atoms with E-state index >= 15 is 0 Å². The quantitative estimate of drug-likeness (QED) is 0.668. The van der Waals surface area contributed by atoms with Crippen molar-refractivity contribution in [1.82, 2.24) is 15.5 Å². The highest BCUT2D eigenvalue weighted by molar-refractivity contribution is 6.08. The maximum absolute atomic E-state index is 13.7. The number of carbonyl (C=O) groups excluding carboxylic acids is 2. The van der Waals surface area contributed by atoms with Gasteiger partial charge in [-0.25, -0.2) is 8.78 Å². The summed E-state index contributed by atoms with van der Waals surface area (Å²) in [6.45, 7) is 4.06. The fraction of sp³-hybridized carbons (Fsp3) is 0.389. The number of halogens is 2. The largest absolute Gasteiger partial charge is 0.349 e. The summed E-state index contributed by atoms with van der Waals surface area (Å²) < 4.78 is 27.4. The van der Waals surface area contributed by atoms with Crippen LogP contribution in [-0.4, -0.2) is 28.1 Å². The van der Waals surface area contributed by atoms with Crippen molar-refractivity contribution in [2.75, 3.05) is 5.32 Å². The number of benzene rings is 1. The Kier molecular flexibility index (Phi) is 6.82. The number of anilines is 1. The molecule has 140 valence electrons. The van der Waals surface area contributed by atoms with E-state index in [-0.39, 0.29) is 17.4 Å². The van der Waals surface area contributed by atoms with E-state index in [1.54, 1.807) is 0 Å². The van der Waals surface area contributed by atoms with Crippen molar-refractivity contribution in [3.8, 4) is 0 Å². The van der Waals surface area contributed by atoms with Crippen LogP contribution in [-0.2, 0) is 0 Å². The lowest BCUT2D eigenvalue weighted by Gasteiger charge is -2.17. The van der Waals surface area contributed by atoms with E-state index in [1.165, 1.54) is 6.20 Å². The lowest BCUT2D eigenvalue weighted by Crippen LogP contribution is -2.35. The van der Waals surface area contributed by atoms with Gasteiger partial charge in [0.2, 0.25) is 0 Å². The standard InChI is InChI=1S/C18H22F2N4O2/c1-3-6-11(7-4-2)22-17(25)12-10-21-24-16(12)23-18(26)15-13(19)8-5-9-14(15)20/h5,8-11H,3-4,6-7H2,1-2H3,(H,22,25)(H2,21,23,24,26). The number of hydrogen-bond acceptors (Lipinski definition) is 3. The van der Waals surface area contributed by atoms with Crippen molar-refractivity contribution < 1.29 is 18.4 Å². The summed E-state index contributed by atoms with van der Waals surface area (Å²) in [5.41, 5.74) is -0.621. The number of rotatable bonds is 8. The van der Waals surface area contributed by atoms with Crippen LogP contribution in [0.15, 0.2) is 24.4 Å². The first-order valence-corrected chi connectivity index (χ1v) is 8.57. The molecule has 1 heterocycles. The fourth-order valence-electron chi connectivity index (χ4n) is 2.69. The molecule has 1 aromatic carbocycles. The smallest absolute Gasteiger partial charge is 0.262 e. The number of aromatic nitrogens is 2. The van der Waals surface area contributed by atoms with Crippen LogP contribution >= 0.6 is 0 Å². The normalized spacial score (nSPS) is 10.8. The van der Waals surface area contributed by atoms with Crippen molar-refractivity contribution in [2.24, 2.45) is 0 Å². The number of nitrogens with one attached hydrogen (secondary N) is 3. The zero-order valence-corrected chi connectivity index (χ0v) is 14.7. The molecule has 0 fully saturated rings. The second kappa shape index (κ2) is 9.07. The second-order valence-electron chi connectivity index (χ2n) is 5.95. The van der Waals surface area contributed by atoms with Crippen LogP contribution < -0.4 is 10.6 Å². The summed E-state index contributed by atoms with van der Waals surface area (Å²) in [5.74, 6) is -3.48. The predicted octanol–water partition coefficient (Wildman–Crippen LogP) is 3.64. The molecular weight excluding hydrogens is 342 g/mol. The molecular formula is C18H22F2N4O2. The molecule has 0 aliphatic carbocycles. The number of hydrogen-bond donors (Lipinski definition) is 3. The van der Waals surface area contributed by atoms with Crippen LogP contribution in [0.3, 0.4) is 0 Å². The van der Waals surface area contributed by atoms with Crippen molar-refractivity contribution in [3.63, 3.8) is 0 Å². The second-order valence-corrected chi connectivity index (χ2v) is 5.95. The molecule has 0 unspecified atom stereocenters. The monoisotopic (exact) mass is 364 g/mol. The summed E-state index contributed by atoms with van der Waals surface area (Å²) in [5, 5.41) is 11.5. The van der Waals surface area contributed by atoms with Crippen LogP contribution in [0.2, 0.25) is 0 Å². The van der Waals surface area contributed by atoms with Gasteiger partial charge in [0.15, 0.2) is 5.82 Å². The predicted molar refractivity (Wildman–Crippen MR) is 94.0 cm³/mol. The first kappa shape index (κ1) is 19.6. The summed E-state index contributed by atoms with van der Waals surface area (Å²) in [6, 6.07) is 3.14. The van der Waals surface area contributed by atoms with E-state index in [0.29, 0.717) is 0 Å². The lowest BCUT2D eigenvalue weighted by atomic mass is 10.1. The summed E-state index contributed by atoms with van der Waals surface area (Å²) in [7, 11) is 0. The van der Waals surface area contributed by atoms with Crippen molar-refractivity contribution >= 4 is 17.6 Å². The molecule has 0 saturated heterocycles. The molecule has 26 heavy (non-hydrogen) atoms. The van der Waals surface area contributed by atoms with E-state index in [0.717, 1.165) is 43.9 Å². The van der Waals surface area contributed by atoms with Gasteiger partial charge < -0.3 is 10.6 Å². The number of nitrogens with zero attached hydrogens (tertiary/aromatic N) is 1. The van der Waals surface area contributed by atoms with Gasteiger partial charge in [-0.05, 0) is 25.0 Å². The van der Waals surface area contributed by atoms with Gasteiger partial charge in [-0.2, -0.15) is 5.10 Å². The maximum Gasteiger partial charge on any atom is 0.262 e. The SMILES string of the molecule is CCCC(CCC)NC(=O)c1c[nH]nc1NC(=O)c1c(F)cccc1F. The van der Waals surface area contributed by atoms with Crippen LogP contribution in [0.1, 0.15) is 60.2 Å². The molecule has 0 saturated carbocycles. The fourth-order valence-corrected chi connectivity index (χ4v) is 2.69. The molecule has 8 heteroatoms. The Morgan fingerprint density at radius 3 is 2.31 bits per heavy atom. The van der Waals surface area contributed by atoms with Crippen LogP contribution in [0.5, 0.6) is 0 Å². The maximum atomic E-state index is 13.7. The first-order chi connectivity index (χ1) is 12.5. The van der Waals surface area contributed by atoms with Crippen LogP contribution in [0, 0.1) is 11.6 Å². The van der Waals surface area contributed by atoms with Crippen LogP contribution in [0.25, 0.3) is 0 Å². The van der Waals surface area contributed by atoms with Crippen molar-refractivity contribution in [3.05, 3.63) is 47.2 Å². The summed E-state index contributed by atoms with van der Waals surface area (Å²) >= 11 is 0. The third kappa shape index (κ3) is 4.65. The molecule has 2 aromatic rings. The molecule has 1 aromatic heterocycles. The molecule has 0 spiro atoms. The highest BCUT2D eigenvalue weighted by Gasteiger charge is 2.22. The third-order valence-electron chi connectivity index (χ3n) is 3.92. The van der Waals surface area contributed by atoms with E-state index in [4.69, 9.17) is 0 Å². The minimum absolute atomic E-state index is 0.0139. The minimum atomic E-state index is -1.01. The van der Waals surface area contributed by atoms with Gasteiger partial charge in [0, 0.05) is 12.2 Å². The molecule has 0 atom stereocenters. The molecule has 2 rings (SSSR count). The number of H-pyrrole nitrogens is 1. The van der Waals surface area contributed by atoms with Gasteiger partial charge in [-0.1, -0.05) is 32.8 Å². The van der Waals surface area contributed by atoms with Gasteiger partial charge in [-0.15, -0.1) is 0 Å². The number of amides is 2. The topological polar surface area (TPSA) is 86.9 Å². The van der Waals surface area contributed by atoms with Gasteiger partial charge in [-0.3, -0.25) is 14.7 Å². The molecule has 0 bridgehead atoms. The Morgan fingerprint density at radius 2 is 1.73 bits per heavy atom. The Balaban J connectivity index is 2.15. The van der Waals surface area contributed by atoms with Crippen molar-refractivity contribution in [2.45, 2.75) is 45.6 Å². The van der Waals surface area contributed by atoms with Crippen LogP contribution in [0.4, 0.5) is 14.6 Å². The highest BCUT2D eigenvalue weighted by atomic mass is 19.1. The summed E-state index contributed by atoms with van der Waals surface area (Å²) in [6.07, 6.45) is 4.84. The Morgan fingerprint density at radius 1 is 1.12 bits per heavy atom. The van der Waals surface area contributed by atoms with E-state index in [1.807, 2.05) is 13.8 Å². The van der Waals surface area contributed by atoms with Gasteiger partial charge in [0.25, 0.3) is 11.8 Å². The Bertz CT molecular complexity index is 750. The van der Waals surface area contributed by atoms with Gasteiger partial charge >= 0.3 is 0 Å².